The number of hydrogen-bond donors (Lipinski definition) is 0. The Labute approximate surface area is 128 Å². The van der Waals surface area contributed by atoms with Crippen molar-refractivity contribution in [1.82, 2.24) is 0 Å². The second-order valence-electron chi connectivity index (χ2n) is 5.66. The third-order valence-electron chi connectivity index (χ3n) is 4.61. The topological polar surface area (TPSA) is 43.4 Å². The SMILES string of the molecule is CC1=C(c2ccccc2)C2(C(=O)COC2=O)c2ccccc21. The molecule has 2 aromatic carbocycles. The molecule has 1 heterocycles. The molecule has 2 aliphatic rings. The minimum absolute atomic E-state index is 0.156. The van der Waals surface area contributed by atoms with Gasteiger partial charge in [-0.15, -0.1) is 0 Å². The van der Waals surface area contributed by atoms with E-state index in [0.717, 1.165) is 27.8 Å². The summed E-state index contributed by atoms with van der Waals surface area (Å²) in [4.78, 5) is 25.3. The lowest BCUT2D eigenvalue weighted by Gasteiger charge is -2.23. The summed E-state index contributed by atoms with van der Waals surface area (Å²) in [7, 11) is 0. The third kappa shape index (κ3) is 1.40. The predicted molar refractivity (Wildman–Crippen MR) is 83.0 cm³/mol. The number of Topliss-reactive ketones (excluding diaryl/α,β-unsaturated/α-hetero) is 1. The number of ketones is 1. The number of fused-ring (bicyclic) bond motifs is 2. The number of esters is 1. The summed E-state index contributed by atoms with van der Waals surface area (Å²) in [6.07, 6.45) is 0. The lowest BCUT2D eigenvalue weighted by Crippen LogP contribution is -2.38. The van der Waals surface area contributed by atoms with Crippen LogP contribution in [0.15, 0.2) is 54.6 Å². The van der Waals surface area contributed by atoms with Crippen LogP contribution >= 0.6 is 0 Å². The van der Waals surface area contributed by atoms with Crippen LogP contribution in [0, 0.1) is 0 Å². The maximum Gasteiger partial charge on any atom is 0.329 e. The van der Waals surface area contributed by atoms with E-state index in [9.17, 15) is 9.59 Å². The Hall–Kier alpha value is -2.68. The van der Waals surface area contributed by atoms with Crippen LogP contribution in [0.4, 0.5) is 0 Å². The Balaban J connectivity index is 2.10. The zero-order chi connectivity index (χ0) is 15.3. The summed E-state index contributed by atoms with van der Waals surface area (Å²) in [5, 5.41) is 0. The van der Waals surface area contributed by atoms with Crippen molar-refractivity contribution in [3.05, 3.63) is 71.3 Å². The summed E-state index contributed by atoms with van der Waals surface area (Å²) < 4.78 is 5.14. The highest BCUT2D eigenvalue weighted by Crippen LogP contribution is 2.53. The Morgan fingerprint density at radius 3 is 2.32 bits per heavy atom. The van der Waals surface area contributed by atoms with Crippen LogP contribution in [0.1, 0.15) is 23.6 Å². The van der Waals surface area contributed by atoms with Crippen LogP contribution in [0.5, 0.6) is 0 Å². The van der Waals surface area contributed by atoms with Gasteiger partial charge in [0.25, 0.3) is 0 Å². The maximum atomic E-state index is 12.7. The lowest BCUT2D eigenvalue weighted by molar-refractivity contribution is -0.141. The lowest BCUT2D eigenvalue weighted by atomic mass is 9.73. The molecule has 1 aliphatic heterocycles. The van der Waals surface area contributed by atoms with Crippen LogP contribution < -0.4 is 0 Å². The van der Waals surface area contributed by atoms with E-state index in [1.807, 2.05) is 61.5 Å². The van der Waals surface area contributed by atoms with E-state index in [4.69, 9.17) is 4.74 Å². The van der Waals surface area contributed by atoms with Crippen molar-refractivity contribution < 1.29 is 14.3 Å². The Morgan fingerprint density at radius 1 is 0.955 bits per heavy atom. The van der Waals surface area contributed by atoms with Gasteiger partial charge in [0, 0.05) is 0 Å². The summed E-state index contributed by atoms with van der Waals surface area (Å²) in [6, 6.07) is 17.2. The highest BCUT2D eigenvalue weighted by molar-refractivity contribution is 6.30. The fraction of sp³-hybridized carbons (Fsp3) is 0.158. The van der Waals surface area contributed by atoms with Crippen molar-refractivity contribution in [2.24, 2.45) is 0 Å². The maximum absolute atomic E-state index is 12.7. The number of carbonyl (C=O) groups excluding carboxylic acids is 2. The molecule has 1 fully saturated rings. The van der Waals surface area contributed by atoms with E-state index in [1.165, 1.54) is 0 Å². The summed E-state index contributed by atoms with van der Waals surface area (Å²) in [6.45, 7) is 1.81. The van der Waals surface area contributed by atoms with Crippen molar-refractivity contribution >= 4 is 22.9 Å². The molecule has 0 saturated carbocycles. The highest BCUT2D eigenvalue weighted by Gasteiger charge is 2.60. The third-order valence-corrected chi connectivity index (χ3v) is 4.61. The van der Waals surface area contributed by atoms with Crippen LogP contribution in [-0.2, 0) is 19.7 Å². The van der Waals surface area contributed by atoms with Gasteiger partial charge < -0.3 is 4.74 Å². The van der Waals surface area contributed by atoms with E-state index in [1.54, 1.807) is 0 Å². The molecular formula is C19H14O3. The Bertz CT molecular complexity index is 815. The molecule has 0 aromatic heterocycles. The fourth-order valence-corrected chi connectivity index (χ4v) is 3.69. The number of allylic oxidation sites excluding steroid dienone is 1. The molecule has 0 amide bonds. The van der Waals surface area contributed by atoms with Crippen LogP contribution in [0.2, 0.25) is 0 Å². The molecule has 1 unspecified atom stereocenters. The van der Waals surface area contributed by atoms with E-state index in [2.05, 4.69) is 0 Å². The molecule has 1 atom stereocenters. The van der Waals surface area contributed by atoms with Gasteiger partial charge in [-0.3, -0.25) is 9.59 Å². The van der Waals surface area contributed by atoms with Gasteiger partial charge in [0.05, 0.1) is 0 Å². The molecule has 4 rings (SSSR count). The van der Waals surface area contributed by atoms with Gasteiger partial charge in [0.2, 0.25) is 0 Å². The average Bonchev–Trinajstić information content (AvgIpc) is 3.00. The normalized spacial score (nSPS) is 23.1. The summed E-state index contributed by atoms with van der Waals surface area (Å²) >= 11 is 0. The molecule has 108 valence electrons. The number of hydrogen-bond acceptors (Lipinski definition) is 3. The van der Waals surface area contributed by atoms with Crippen LogP contribution in [0.25, 0.3) is 11.1 Å². The molecule has 3 nitrogen and oxygen atoms in total. The van der Waals surface area contributed by atoms with Crippen molar-refractivity contribution in [1.29, 1.82) is 0 Å². The molecule has 2 aromatic rings. The second-order valence-corrected chi connectivity index (χ2v) is 5.66. The standard InChI is InChI=1S/C19H14O3/c1-12-14-9-5-6-10-15(14)19(16(20)11-22-18(19)21)17(12)13-7-3-2-4-8-13/h2-10H,11H2,1H3. The van der Waals surface area contributed by atoms with Crippen LogP contribution in [0.3, 0.4) is 0 Å². The van der Waals surface area contributed by atoms with Gasteiger partial charge in [-0.2, -0.15) is 0 Å². The highest BCUT2D eigenvalue weighted by atomic mass is 16.5. The minimum Gasteiger partial charge on any atom is -0.456 e. The zero-order valence-corrected chi connectivity index (χ0v) is 12.1. The van der Waals surface area contributed by atoms with Crippen molar-refractivity contribution in [3.63, 3.8) is 0 Å². The summed E-state index contributed by atoms with van der Waals surface area (Å²) in [5.74, 6) is -0.638. The first-order valence-corrected chi connectivity index (χ1v) is 7.24. The molecule has 0 N–H and O–H groups in total. The second kappa shape index (κ2) is 4.41. The van der Waals surface area contributed by atoms with Gasteiger partial charge >= 0.3 is 5.97 Å². The van der Waals surface area contributed by atoms with Crippen LogP contribution in [-0.4, -0.2) is 18.4 Å². The quantitative estimate of drug-likeness (QED) is 0.599. The van der Waals surface area contributed by atoms with E-state index >= 15 is 0 Å². The molecule has 22 heavy (non-hydrogen) atoms. The number of rotatable bonds is 1. The van der Waals surface area contributed by atoms with Gasteiger partial charge in [-0.1, -0.05) is 54.6 Å². The van der Waals surface area contributed by atoms with Gasteiger partial charge in [-0.05, 0) is 34.8 Å². The van der Waals surface area contributed by atoms with E-state index < -0.39 is 11.4 Å². The molecule has 0 bridgehead atoms. The number of ether oxygens (including phenoxy) is 1. The predicted octanol–water partition coefficient (Wildman–Crippen LogP) is 2.99. The summed E-state index contributed by atoms with van der Waals surface area (Å²) in [5.41, 5.74) is 3.04. The zero-order valence-electron chi connectivity index (χ0n) is 12.1. The molecule has 3 heteroatoms. The average molecular weight is 290 g/mol. The van der Waals surface area contributed by atoms with Gasteiger partial charge in [-0.25, -0.2) is 0 Å². The monoisotopic (exact) mass is 290 g/mol. The fourth-order valence-electron chi connectivity index (χ4n) is 3.69. The molecular weight excluding hydrogens is 276 g/mol. The van der Waals surface area contributed by atoms with E-state index in [0.29, 0.717) is 0 Å². The van der Waals surface area contributed by atoms with Crippen molar-refractivity contribution in [3.8, 4) is 0 Å². The smallest absolute Gasteiger partial charge is 0.329 e. The number of benzene rings is 2. The molecule has 0 radical (unpaired) electrons. The Morgan fingerprint density at radius 2 is 1.64 bits per heavy atom. The first-order chi connectivity index (χ1) is 10.7. The molecule has 1 aliphatic carbocycles. The molecule has 1 spiro atoms. The first-order valence-electron chi connectivity index (χ1n) is 7.24. The Kier molecular flexibility index (Phi) is 2.61. The number of cyclic esters (lactones) is 1. The van der Waals surface area contributed by atoms with Gasteiger partial charge in [0.15, 0.2) is 17.8 Å². The van der Waals surface area contributed by atoms with E-state index in [-0.39, 0.29) is 12.4 Å². The van der Waals surface area contributed by atoms with Crippen molar-refractivity contribution in [2.75, 3.05) is 6.61 Å². The minimum atomic E-state index is -1.29. The van der Waals surface area contributed by atoms with Crippen molar-refractivity contribution in [2.45, 2.75) is 12.3 Å². The van der Waals surface area contributed by atoms with Gasteiger partial charge in [0.1, 0.15) is 0 Å². The largest absolute Gasteiger partial charge is 0.456 e. The molecule has 1 saturated heterocycles. The number of carbonyl (C=O) groups is 2. The first kappa shape index (κ1) is 13.0.